The average molecular weight is 300 g/mol. The summed E-state index contributed by atoms with van der Waals surface area (Å²) in [4.78, 5) is 50.0. The van der Waals surface area contributed by atoms with Gasteiger partial charge in [-0.25, -0.2) is 0 Å². The van der Waals surface area contributed by atoms with Gasteiger partial charge >= 0.3 is 0 Å². The lowest BCUT2D eigenvalue weighted by Gasteiger charge is -2.18. The van der Waals surface area contributed by atoms with Crippen molar-refractivity contribution in [3.8, 4) is 0 Å². The van der Waals surface area contributed by atoms with Crippen LogP contribution in [0.1, 0.15) is 26.7 Å². The van der Waals surface area contributed by atoms with E-state index in [1.165, 1.54) is 0 Å². The Morgan fingerprint density at radius 1 is 0.727 bits per heavy atom. The van der Waals surface area contributed by atoms with Gasteiger partial charge in [0.25, 0.3) is 0 Å². The van der Waals surface area contributed by atoms with E-state index in [-0.39, 0.29) is 48.3 Å². The minimum Gasteiger partial charge on any atom is -0.274 e. The minimum atomic E-state index is -0.310. The first-order chi connectivity index (χ1) is 10.4. The van der Waals surface area contributed by atoms with Crippen molar-refractivity contribution in [2.24, 2.45) is 11.8 Å². The quantitative estimate of drug-likeness (QED) is 0.775. The molecule has 0 aromatic heterocycles. The van der Waals surface area contributed by atoms with Gasteiger partial charge in [-0.1, -0.05) is 13.8 Å². The Morgan fingerprint density at radius 3 is 1.27 bits per heavy atom. The van der Waals surface area contributed by atoms with E-state index in [1.807, 2.05) is 0 Å². The molecule has 1 aromatic carbocycles. The minimum absolute atomic E-state index is 0.210. The molecule has 1 aromatic rings. The Balaban J connectivity index is 1.88. The van der Waals surface area contributed by atoms with Crippen LogP contribution >= 0.6 is 0 Å². The Kier molecular flexibility index (Phi) is 3.31. The number of hydrogen-bond acceptors (Lipinski definition) is 4. The number of carbonyl (C=O) groups is 4. The SMILES string of the molecule is CC1CC(=O)N(c2ccc(N3C(=O)CC(C)C3=O)cc2)C1=O. The van der Waals surface area contributed by atoms with E-state index in [0.29, 0.717) is 11.4 Å². The van der Waals surface area contributed by atoms with Gasteiger partial charge in [0.1, 0.15) is 0 Å². The molecule has 22 heavy (non-hydrogen) atoms. The van der Waals surface area contributed by atoms with Gasteiger partial charge in [0.15, 0.2) is 0 Å². The van der Waals surface area contributed by atoms with Gasteiger partial charge in [0.05, 0.1) is 11.4 Å². The maximum Gasteiger partial charge on any atom is 0.237 e. The van der Waals surface area contributed by atoms with Gasteiger partial charge in [0.2, 0.25) is 23.6 Å². The van der Waals surface area contributed by atoms with Crippen molar-refractivity contribution in [3.05, 3.63) is 24.3 Å². The number of hydrogen-bond donors (Lipinski definition) is 0. The molecule has 0 aliphatic carbocycles. The van der Waals surface area contributed by atoms with Gasteiger partial charge in [-0.2, -0.15) is 0 Å². The molecule has 0 spiro atoms. The number of nitrogens with zero attached hydrogens (tertiary/aromatic N) is 2. The molecule has 2 aliphatic rings. The highest BCUT2D eigenvalue weighted by molar-refractivity contribution is 6.22. The summed E-state index contributed by atoms with van der Waals surface area (Å²) in [5.41, 5.74) is 0.936. The summed E-state index contributed by atoms with van der Waals surface area (Å²) in [6, 6.07) is 6.36. The van der Waals surface area contributed by atoms with Gasteiger partial charge in [-0.05, 0) is 24.3 Å². The van der Waals surface area contributed by atoms with Crippen molar-refractivity contribution < 1.29 is 19.2 Å². The van der Waals surface area contributed by atoms with Gasteiger partial charge in [-0.15, -0.1) is 0 Å². The summed E-state index contributed by atoms with van der Waals surface area (Å²) in [5.74, 6) is -1.52. The van der Waals surface area contributed by atoms with Crippen LogP contribution in [0.3, 0.4) is 0 Å². The van der Waals surface area contributed by atoms with Gasteiger partial charge in [-0.3, -0.25) is 29.0 Å². The molecule has 2 aliphatic heterocycles. The maximum atomic E-state index is 12.0. The molecule has 114 valence electrons. The van der Waals surface area contributed by atoms with Crippen LogP contribution in [0.4, 0.5) is 11.4 Å². The third-order valence-corrected chi connectivity index (χ3v) is 4.11. The standard InChI is InChI=1S/C16H16N2O4/c1-9-7-13(19)17(15(9)21)11-3-5-12(6-4-11)18-14(20)8-10(2)16(18)22/h3-6,9-10H,7-8H2,1-2H3. The van der Waals surface area contributed by atoms with Crippen LogP contribution in [0.2, 0.25) is 0 Å². The van der Waals surface area contributed by atoms with Crippen molar-refractivity contribution in [2.75, 3.05) is 9.80 Å². The molecule has 2 heterocycles. The summed E-state index contributed by atoms with van der Waals surface area (Å²) in [7, 11) is 0. The summed E-state index contributed by atoms with van der Waals surface area (Å²) in [5, 5.41) is 0. The molecule has 0 saturated carbocycles. The maximum absolute atomic E-state index is 12.0. The van der Waals surface area contributed by atoms with Crippen molar-refractivity contribution >= 4 is 35.0 Å². The zero-order valence-corrected chi connectivity index (χ0v) is 12.4. The first-order valence-corrected chi connectivity index (χ1v) is 7.24. The fourth-order valence-corrected chi connectivity index (χ4v) is 2.86. The van der Waals surface area contributed by atoms with Crippen molar-refractivity contribution in [2.45, 2.75) is 26.7 Å². The van der Waals surface area contributed by atoms with Crippen LogP contribution in [0, 0.1) is 11.8 Å². The van der Waals surface area contributed by atoms with E-state index in [1.54, 1.807) is 38.1 Å². The summed E-state index contributed by atoms with van der Waals surface area (Å²) in [6.45, 7) is 3.44. The molecule has 2 unspecified atom stereocenters. The van der Waals surface area contributed by atoms with Crippen LogP contribution in [-0.2, 0) is 19.2 Å². The Labute approximate surface area is 127 Å². The second-order valence-corrected chi connectivity index (χ2v) is 5.86. The highest BCUT2D eigenvalue weighted by Crippen LogP contribution is 2.30. The number of imide groups is 2. The molecule has 0 radical (unpaired) electrons. The van der Waals surface area contributed by atoms with Crippen molar-refractivity contribution in [1.82, 2.24) is 0 Å². The molecule has 2 saturated heterocycles. The number of anilines is 2. The molecule has 6 nitrogen and oxygen atoms in total. The average Bonchev–Trinajstić information content (AvgIpc) is 2.87. The van der Waals surface area contributed by atoms with Gasteiger partial charge < -0.3 is 0 Å². The fraction of sp³-hybridized carbons (Fsp3) is 0.375. The summed E-state index contributed by atoms with van der Waals surface area (Å²) < 4.78 is 0. The lowest BCUT2D eigenvalue weighted by molar-refractivity contribution is -0.123. The number of benzene rings is 1. The zero-order chi connectivity index (χ0) is 16.0. The van der Waals surface area contributed by atoms with Crippen LogP contribution in [0.15, 0.2) is 24.3 Å². The first-order valence-electron chi connectivity index (χ1n) is 7.24. The molecule has 2 fully saturated rings. The lowest BCUT2D eigenvalue weighted by atomic mass is 10.1. The predicted octanol–water partition coefficient (Wildman–Crippen LogP) is 1.49. The molecule has 0 bridgehead atoms. The van der Waals surface area contributed by atoms with Crippen LogP contribution in [0.25, 0.3) is 0 Å². The Morgan fingerprint density at radius 2 is 1.05 bits per heavy atom. The van der Waals surface area contributed by atoms with E-state index >= 15 is 0 Å². The number of amides is 4. The van der Waals surface area contributed by atoms with Crippen LogP contribution in [0.5, 0.6) is 0 Å². The first kappa shape index (κ1) is 14.4. The lowest BCUT2D eigenvalue weighted by Crippen LogP contribution is -2.31. The highest BCUT2D eigenvalue weighted by Gasteiger charge is 2.38. The number of rotatable bonds is 2. The predicted molar refractivity (Wildman–Crippen MR) is 79.0 cm³/mol. The van der Waals surface area contributed by atoms with E-state index in [0.717, 1.165) is 9.80 Å². The molecule has 2 atom stereocenters. The zero-order valence-electron chi connectivity index (χ0n) is 12.4. The van der Waals surface area contributed by atoms with Gasteiger partial charge in [0, 0.05) is 24.7 Å². The van der Waals surface area contributed by atoms with Crippen LogP contribution < -0.4 is 9.80 Å². The van der Waals surface area contributed by atoms with Crippen molar-refractivity contribution in [3.63, 3.8) is 0 Å². The molecule has 4 amide bonds. The fourth-order valence-electron chi connectivity index (χ4n) is 2.86. The Hall–Kier alpha value is -2.50. The summed E-state index contributed by atoms with van der Waals surface area (Å²) in [6.07, 6.45) is 0.419. The van der Waals surface area contributed by atoms with E-state index in [2.05, 4.69) is 0 Å². The third-order valence-electron chi connectivity index (χ3n) is 4.11. The second-order valence-electron chi connectivity index (χ2n) is 5.86. The van der Waals surface area contributed by atoms with Crippen LogP contribution in [-0.4, -0.2) is 23.6 Å². The van der Waals surface area contributed by atoms with E-state index in [4.69, 9.17) is 0 Å². The van der Waals surface area contributed by atoms with E-state index < -0.39 is 0 Å². The molecule has 6 heteroatoms. The Bertz CT molecular complexity index is 621. The summed E-state index contributed by atoms with van der Waals surface area (Å²) >= 11 is 0. The normalized spacial score (nSPS) is 25.5. The number of carbonyl (C=O) groups excluding carboxylic acids is 4. The molecular formula is C16H16N2O4. The van der Waals surface area contributed by atoms with Crippen molar-refractivity contribution in [1.29, 1.82) is 0 Å². The molecular weight excluding hydrogens is 284 g/mol. The smallest absolute Gasteiger partial charge is 0.237 e. The molecule has 3 rings (SSSR count). The third kappa shape index (κ3) is 2.11. The highest BCUT2D eigenvalue weighted by atomic mass is 16.2. The molecule has 0 N–H and O–H groups in total. The topological polar surface area (TPSA) is 74.8 Å². The second kappa shape index (κ2) is 5.05. The van der Waals surface area contributed by atoms with E-state index in [9.17, 15) is 19.2 Å². The largest absolute Gasteiger partial charge is 0.274 e. The monoisotopic (exact) mass is 300 g/mol.